The molecule has 0 aromatic heterocycles. The third-order valence-electron chi connectivity index (χ3n) is 3.02. The summed E-state index contributed by atoms with van der Waals surface area (Å²) >= 11 is 0. The maximum atomic E-state index is 11.4. The quantitative estimate of drug-likeness (QED) is 0.674. The molecule has 1 heterocycles. The second-order valence-corrected chi connectivity index (χ2v) is 4.54. The lowest BCUT2D eigenvalue weighted by molar-refractivity contribution is -0.121. The molecule has 0 aromatic rings. The van der Waals surface area contributed by atoms with Crippen LogP contribution in [0.3, 0.4) is 0 Å². The zero-order valence-electron chi connectivity index (χ0n) is 9.44. The predicted molar refractivity (Wildman–Crippen MR) is 61.3 cm³/mol. The number of carbonyl (C=O) groups is 1. The standard InChI is InChI=1S/C12H20N2O/c1-3-4-5-11(15)14-10-12(2)6-8-13-9-7-12/h1,13H,4-10H2,2H3,(H,14,15). The van der Waals surface area contributed by atoms with Gasteiger partial charge in [-0.15, -0.1) is 12.3 Å². The fourth-order valence-electron chi connectivity index (χ4n) is 1.79. The monoisotopic (exact) mass is 208 g/mol. The van der Waals surface area contributed by atoms with Crippen molar-refractivity contribution in [2.24, 2.45) is 5.41 Å². The van der Waals surface area contributed by atoms with Crippen LogP contribution in [0.15, 0.2) is 0 Å². The number of hydrogen-bond acceptors (Lipinski definition) is 2. The average molecular weight is 208 g/mol. The van der Waals surface area contributed by atoms with E-state index < -0.39 is 0 Å². The number of hydrogen-bond donors (Lipinski definition) is 2. The van der Waals surface area contributed by atoms with Gasteiger partial charge in [0.15, 0.2) is 0 Å². The minimum absolute atomic E-state index is 0.0766. The van der Waals surface area contributed by atoms with Gasteiger partial charge in [-0.3, -0.25) is 4.79 Å². The van der Waals surface area contributed by atoms with E-state index in [1.54, 1.807) is 0 Å². The first-order valence-electron chi connectivity index (χ1n) is 5.57. The van der Waals surface area contributed by atoms with Crippen LogP contribution in [0, 0.1) is 17.8 Å². The van der Waals surface area contributed by atoms with E-state index in [9.17, 15) is 4.79 Å². The lowest BCUT2D eigenvalue weighted by atomic mass is 9.81. The zero-order valence-corrected chi connectivity index (χ0v) is 9.44. The van der Waals surface area contributed by atoms with Crippen molar-refractivity contribution in [3.8, 4) is 12.3 Å². The molecule has 0 saturated carbocycles. The summed E-state index contributed by atoms with van der Waals surface area (Å²) in [5.41, 5.74) is 0.261. The highest BCUT2D eigenvalue weighted by Gasteiger charge is 2.26. The van der Waals surface area contributed by atoms with Crippen LogP contribution in [0.5, 0.6) is 0 Å². The molecule has 15 heavy (non-hydrogen) atoms. The topological polar surface area (TPSA) is 41.1 Å². The van der Waals surface area contributed by atoms with Gasteiger partial charge in [-0.25, -0.2) is 0 Å². The van der Waals surface area contributed by atoms with Gasteiger partial charge in [-0.1, -0.05) is 6.92 Å². The SMILES string of the molecule is C#CCCC(=O)NCC1(C)CCNCC1. The van der Waals surface area contributed by atoms with E-state index in [0.717, 1.165) is 32.5 Å². The summed E-state index contributed by atoms with van der Waals surface area (Å²) in [4.78, 5) is 11.4. The maximum absolute atomic E-state index is 11.4. The molecule has 1 aliphatic rings. The number of carbonyl (C=O) groups excluding carboxylic acids is 1. The minimum Gasteiger partial charge on any atom is -0.356 e. The van der Waals surface area contributed by atoms with Crippen molar-refractivity contribution in [1.82, 2.24) is 10.6 Å². The van der Waals surface area contributed by atoms with Gasteiger partial charge in [0.2, 0.25) is 5.91 Å². The highest BCUT2D eigenvalue weighted by molar-refractivity contribution is 5.76. The predicted octanol–water partition coefficient (Wildman–Crippen LogP) is 0.906. The molecule has 0 unspecified atom stereocenters. The number of piperidine rings is 1. The van der Waals surface area contributed by atoms with Crippen molar-refractivity contribution in [2.45, 2.75) is 32.6 Å². The summed E-state index contributed by atoms with van der Waals surface area (Å²) < 4.78 is 0. The van der Waals surface area contributed by atoms with Gasteiger partial charge in [0.1, 0.15) is 0 Å². The highest BCUT2D eigenvalue weighted by Crippen LogP contribution is 2.26. The molecule has 1 rings (SSSR count). The normalized spacial score (nSPS) is 19.2. The second kappa shape index (κ2) is 5.77. The molecule has 1 aliphatic heterocycles. The number of nitrogens with one attached hydrogen (secondary N) is 2. The van der Waals surface area contributed by atoms with E-state index in [2.05, 4.69) is 23.5 Å². The average Bonchev–Trinajstić information content (AvgIpc) is 2.25. The van der Waals surface area contributed by atoms with Gasteiger partial charge < -0.3 is 10.6 Å². The van der Waals surface area contributed by atoms with Crippen LogP contribution in [0.25, 0.3) is 0 Å². The minimum atomic E-state index is 0.0766. The third kappa shape index (κ3) is 4.35. The van der Waals surface area contributed by atoms with E-state index in [1.165, 1.54) is 0 Å². The summed E-state index contributed by atoms with van der Waals surface area (Å²) in [6, 6.07) is 0. The molecule has 0 aliphatic carbocycles. The highest BCUT2D eigenvalue weighted by atomic mass is 16.1. The Morgan fingerprint density at radius 3 is 2.80 bits per heavy atom. The van der Waals surface area contributed by atoms with Gasteiger partial charge in [0.25, 0.3) is 0 Å². The first-order chi connectivity index (χ1) is 7.16. The molecule has 0 atom stereocenters. The summed E-state index contributed by atoms with van der Waals surface area (Å²) in [6.07, 6.45) is 8.34. The number of amides is 1. The summed E-state index contributed by atoms with van der Waals surface area (Å²) in [7, 11) is 0. The molecule has 1 fully saturated rings. The fraction of sp³-hybridized carbons (Fsp3) is 0.750. The first kappa shape index (κ1) is 12.1. The largest absolute Gasteiger partial charge is 0.356 e. The molecule has 3 nitrogen and oxygen atoms in total. The van der Waals surface area contributed by atoms with Crippen LogP contribution in [-0.2, 0) is 4.79 Å². The van der Waals surface area contributed by atoms with Crippen molar-refractivity contribution in [1.29, 1.82) is 0 Å². The summed E-state index contributed by atoms with van der Waals surface area (Å²) in [6.45, 7) is 5.11. The van der Waals surface area contributed by atoms with E-state index in [0.29, 0.717) is 12.8 Å². The Balaban J connectivity index is 2.23. The van der Waals surface area contributed by atoms with Gasteiger partial charge in [-0.2, -0.15) is 0 Å². The second-order valence-electron chi connectivity index (χ2n) is 4.54. The lowest BCUT2D eigenvalue weighted by Crippen LogP contribution is -2.42. The van der Waals surface area contributed by atoms with E-state index in [-0.39, 0.29) is 11.3 Å². The maximum Gasteiger partial charge on any atom is 0.220 e. The van der Waals surface area contributed by atoms with E-state index in [1.807, 2.05) is 0 Å². The zero-order chi connectivity index (χ0) is 11.1. The molecular formula is C12H20N2O. The number of rotatable bonds is 4. The van der Waals surface area contributed by atoms with Crippen molar-refractivity contribution in [3.63, 3.8) is 0 Å². The van der Waals surface area contributed by atoms with Crippen molar-refractivity contribution < 1.29 is 4.79 Å². The molecule has 0 aromatic carbocycles. The molecule has 0 radical (unpaired) electrons. The first-order valence-corrected chi connectivity index (χ1v) is 5.57. The van der Waals surface area contributed by atoms with Gasteiger partial charge in [-0.05, 0) is 31.3 Å². The third-order valence-corrected chi connectivity index (χ3v) is 3.02. The van der Waals surface area contributed by atoms with Crippen molar-refractivity contribution in [3.05, 3.63) is 0 Å². The van der Waals surface area contributed by atoms with Crippen LogP contribution in [0.2, 0.25) is 0 Å². The van der Waals surface area contributed by atoms with Crippen LogP contribution in [0.4, 0.5) is 0 Å². The summed E-state index contributed by atoms with van der Waals surface area (Å²) in [5.74, 6) is 2.55. The van der Waals surface area contributed by atoms with Crippen LogP contribution >= 0.6 is 0 Å². The van der Waals surface area contributed by atoms with Gasteiger partial charge in [0.05, 0.1) is 0 Å². The Labute approximate surface area is 92.0 Å². The molecule has 0 spiro atoms. The van der Waals surface area contributed by atoms with Crippen LogP contribution in [0.1, 0.15) is 32.6 Å². The number of terminal acetylenes is 1. The molecule has 84 valence electrons. The van der Waals surface area contributed by atoms with Crippen molar-refractivity contribution in [2.75, 3.05) is 19.6 Å². The van der Waals surface area contributed by atoms with E-state index in [4.69, 9.17) is 6.42 Å². The molecule has 1 saturated heterocycles. The molecule has 1 amide bonds. The summed E-state index contributed by atoms with van der Waals surface area (Å²) in [5, 5.41) is 6.29. The molecule has 0 bridgehead atoms. The molecule has 3 heteroatoms. The Kier molecular flexibility index (Phi) is 4.64. The lowest BCUT2D eigenvalue weighted by Gasteiger charge is -2.34. The van der Waals surface area contributed by atoms with Crippen LogP contribution < -0.4 is 10.6 Å². The fourth-order valence-corrected chi connectivity index (χ4v) is 1.79. The Hall–Kier alpha value is -1.01. The van der Waals surface area contributed by atoms with E-state index >= 15 is 0 Å². The van der Waals surface area contributed by atoms with Crippen LogP contribution in [-0.4, -0.2) is 25.5 Å². The Morgan fingerprint density at radius 1 is 1.53 bits per heavy atom. The molecule has 2 N–H and O–H groups in total. The smallest absolute Gasteiger partial charge is 0.220 e. The van der Waals surface area contributed by atoms with Gasteiger partial charge in [0, 0.05) is 19.4 Å². The molecular weight excluding hydrogens is 188 g/mol. The van der Waals surface area contributed by atoms with Gasteiger partial charge >= 0.3 is 0 Å². The Morgan fingerprint density at radius 2 is 2.20 bits per heavy atom. The Bertz CT molecular complexity index is 249. The van der Waals surface area contributed by atoms with Crippen molar-refractivity contribution >= 4 is 5.91 Å².